The third-order valence-electron chi connectivity index (χ3n) is 3.38. The molecule has 2 aromatic heterocycles. The second kappa shape index (κ2) is 7.18. The Kier molecular flexibility index (Phi) is 5.00. The van der Waals surface area contributed by atoms with E-state index >= 15 is 0 Å². The Hall–Kier alpha value is -2.13. The van der Waals surface area contributed by atoms with Crippen molar-refractivity contribution >= 4 is 49.2 Å². The van der Waals surface area contributed by atoms with Gasteiger partial charge in [0.1, 0.15) is 5.01 Å². The molecule has 9 heteroatoms. The molecular weight excluding hydrogens is 394 g/mol. The van der Waals surface area contributed by atoms with Crippen LogP contribution in [0.4, 0.5) is 5.13 Å². The van der Waals surface area contributed by atoms with Crippen molar-refractivity contribution in [1.29, 1.82) is 0 Å². The summed E-state index contributed by atoms with van der Waals surface area (Å²) in [5, 5.41) is 12.4. The average molecular weight is 408 g/mol. The van der Waals surface area contributed by atoms with Crippen molar-refractivity contribution in [1.82, 2.24) is 19.7 Å². The van der Waals surface area contributed by atoms with Crippen LogP contribution < -0.4 is 10.9 Å². The highest BCUT2D eigenvalue weighted by Gasteiger charge is 2.09. The Balaban J connectivity index is 1.70. The molecule has 1 aromatic carbocycles. The van der Waals surface area contributed by atoms with Crippen LogP contribution in [-0.2, 0) is 17.8 Å². The van der Waals surface area contributed by atoms with Crippen LogP contribution >= 0.6 is 27.3 Å². The minimum atomic E-state index is -0.213. The van der Waals surface area contributed by atoms with E-state index in [9.17, 15) is 9.59 Å². The SMILES string of the molecule is CCc1nnc(NC(=O)CCn2cnc3ccc(Br)cc3c2=O)s1. The summed E-state index contributed by atoms with van der Waals surface area (Å²) >= 11 is 4.70. The molecule has 0 spiro atoms. The van der Waals surface area contributed by atoms with Crippen molar-refractivity contribution < 1.29 is 4.79 Å². The molecule has 1 amide bonds. The fraction of sp³-hybridized carbons (Fsp3) is 0.267. The molecule has 0 bridgehead atoms. The number of aromatic nitrogens is 4. The lowest BCUT2D eigenvalue weighted by molar-refractivity contribution is -0.116. The number of fused-ring (bicyclic) bond motifs is 1. The number of halogens is 1. The quantitative estimate of drug-likeness (QED) is 0.701. The van der Waals surface area contributed by atoms with Crippen LogP contribution in [0.5, 0.6) is 0 Å². The molecule has 0 saturated heterocycles. The van der Waals surface area contributed by atoms with E-state index in [1.165, 1.54) is 22.2 Å². The highest BCUT2D eigenvalue weighted by Crippen LogP contribution is 2.16. The molecule has 0 aliphatic rings. The van der Waals surface area contributed by atoms with Crippen LogP contribution in [0.1, 0.15) is 18.4 Å². The van der Waals surface area contributed by atoms with Gasteiger partial charge in [-0.3, -0.25) is 14.2 Å². The summed E-state index contributed by atoms with van der Waals surface area (Å²) in [5.41, 5.74) is 0.461. The van der Waals surface area contributed by atoms with Crippen LogP contribution in [0.15, 0.2) is 33.8 Å². The Bertz CT molecular complexity index is 952. The van der Waals surface area contributed by atoms with Crippen LogP contribution in [-0.4, -0.2) is 25.7 Å². The van der Waals surface area contributed by atoms with Crippen LogP contribution in [0.2, 0.25) is 0 Å². The van der Waals surface area contributed by atoms with E-state index in [2.05, 4.69) is 36.4 Å². The molecule has 2 heterocycles. The highest BCUT2D eigenvalue weighted by atomic mass is 79.9. The summed E-state index contributed by atoms with van der Waals surface area (Å²) in [6, 6.07) is 5.34. The van der Waals surface area contributed by atoms with E-state index in [0.29, 0.717) is 16.0 Å². The maximum absolute atomic E-state index is 12.4. The first kappa shape index (κ1) is 16.7. The summed E-state index contributed by atoms with van der Waals surface area (Å²) in [5.74, 6) is -0.213. The summed E-state index contributed by atoms with van der Waals surface area (Å²) in [7, 11) is 0. The zero-order valence-electron chi connectivity index (χ0n) is 12.8. The van der Waals surface area contributed by atoms with E-state index in [1.54, 1.807) is 12.1 Å². The van der Waals surface area contributed by atoms with Gasteiger partial charge in [-0.25, -0.2) is 4.98 Å². The lowest BCUT2D eigenvalue weighted by Gasteiger charge is -2.06. The fourth-order valence-corrected chi connectivity index (χ4v) is 3.20. The number of anilines is 1. The molecule has 0 unspecified atom stereocenters. The van der Waals surface area contributed by atoms with E-state index in [-0.39, 0.29) is 24.4 Å². The van der Waals surface area contributed by atoms with Crippen molar-refractivity contribution in [2.45, 2.75) is 26.3 Å². The van der Waals surface area contributed by atoms with Crippen LogP contribution in [0, 0.1) is 0 Å². The topological polar surface area (TPSA) is 89.8 Å². The normalized spacial score (nSPS) is 10.9. The Labute approximate surface area is 149 Å². The lowest BCUT2D eigenvalue weighted by atomic mass is 10.2. The largest absolute Gasteiger partial charge is 0.300 e. The van der Waals surface area contributed by atoms with Crippen molar-refractivity contribution in [3.05, 3.63) is 44.4 Å². The molecule has 24 heavy (non-hydrogen) atoms. The minimum absolute atomic E-state index is 0.155. The molecule has 7 nitrogen and oxygen atoms in total. The van der Waals surface area contributed by atoms with Gasteiger partial charge in [-0.1, -0.05) is 34.2 Å². The maximum Gasteiger partial charge on any atom is 0.261 e. The first-order valence-electron chi connectivity index (χ1n) is 7.33. The monoisotopic (exact) mass is 407 g/mol. The molecule has 1 N–H and O–H groups in total. The first-order valence-corrected chi connectivity index (χ1v) is 8.94. The van der Waals surface area contributed by atoms with Gasteiger partial charge in [0.15, 0.2) is 0 Å². The molecule has 3 rings (SSSR count). The molecule has 3 aromatic rings. The average Bonchev–Trinajstić information content (AvgIpc) is 3.02. The molecule has 0 radical (unpaired) electrons. The maximum atomic E-state index is 12.4. The molecule has 0 aliphatic carbocycles. The third-order valence-corrected chi connectivity index (χ3v) is 4.86. The zero-order chi connectivity index (χ0) is 17.1. The van der Waals surface area contributed by atoms with Gasteiger partial charge in [0.2, 0.25) is 11.0 Å². The van der Waals surface area contributed by atoms with Gasteiger partial charge in [-0.05, 0) is 24.6 Å². The van der Waals surface area contributed by atoms with E-state index in [1.807, 2.05) is 13.0 Å². The van der Waals surface area contributed by atoms with Gasteiger partial charge in [-0.2, -0.15) is 0 Å². The predicted molar refractivity (Wildman–Crippen MR) is 96.2 cm³/mol. The molecule has 0 atom stereocenters. The van der Waals surface area contributed by atoms with Gasteiger partial charge < -0.3 is 5.32 Å². The molecule has 0 fully saturated rings. The van der Waals surface area contributed by atoms with E-state index in [0.717, 1.165) is 15.9 Å². The molecule has 0 saturated carbocycles. The molecular formula is C15H14BrN5O2S. The number of nitrogens with one attached hydrogen (secondary N) is 1. The summed E-state index contributed by atoms with van der Waals surface area (Å²) in [4.78, 5) is 28.7. The van der Waals surface area contributed by atoms with Crippen molar-refractivity contribution in [3.63, 3.8) is 0 Å². The second-order valence-corrected chi connectivity index (χ2v) is 7.04. The van der Waals surface area contributed by atoms with Gasteiger partial charge in [0.05, 0.1) is 17.2 Å². The number of carbonyl (C=O) groups excluding carboxylic acids is 1. The highest BCUT2D eigenvalue weighted by molar-refractivity contribution is 9.10. The number of aryl methyl sites for hydroxylation is 2. The van der Waals surface area contributed by atoms with Gasteiger partial charge in [0.25, 0.3) is 5.56 Å². The Morgan fingerprint density at radius 2 is 2.21 bits per heavy atom. The first-order chi connectivity index (χ1) is 11.6. The van der Waals surface area contributed by atoms with Gasteiger partial charge in [0, 0.05) is 17.4 Å². The number of nitrogens with zero attached hydrogens (tertiary/aromatic N) is 4. The van der Waals surface area contributed by atoms with Gasteiger partial charge >= 0.3 is 0 Å². The van der Waals surface area contributed by atoms with E-state index < -0.39 is 0 Å². The third kappa shape index (κ3) is 3.68. The number of carbonyl (C=O) groups is 1. The van der Waals surface area contributed by atoms with Crippen LogP contribution in [0.3, 0.4) is 0 Å². The second-order valence-electron chi connectivity index (χ2n) is 5.06. The number of hydrogen-bond donors (Lipinski definition) is 1. The smallest absolute Gasteiger partial charge is 0.261 e. The predicted octanol–water partition coefficient (Wildman–Crippen LogP) is 2.60. The molecule has 0 aliphatic heterocycles. The minimum Gasteiger partial charge on any atom is -0.300 e. The Morgan fingerprint density at radius 1 is 1.38 bits per heavy atom. The van der Waals surface area contributed by atoms with Gasteiger partial charge in [-0.15, -0.1) is 10.2 Å². The summed E-state index contributed by atoms with van der Waals surface area (Å²) in [6.45, 7) is 2.23. The molecule has 124 valence electrons. The number of amides is 1. The van der Waals surface area contributed by atoms with Crippen molar-refractivity contribution in [3.8, 4) is 0 Å². The number of rotatable bonds is 5. The summed E-state index contributed by atoms with van der Waals surface area (Å²) < 4.78 is 2.25. The summed E-state index contributed by atoms with van der Waals surface area (Å²) in [6.07, 6.45) is 2.40. The Morgan fingerprint density at radius 3 is 2.96 bits per heavy atom. The fourth-order valence-electron chi connectivity index (χ4n) is 2.14. The van der Waals surface area contributed by atoms with E-state index in [4.69, 9.17) is 0 Å². The van der Waals surface area contributed by atoms with Crippen molar-refractivity contribution in [2.24, 2.45) is 0 Å². The number of hydrogen-bond acceptors (Lipinski definition) is 6. The number of benzene rings is 1. The van der Waals surface area contributed by atoms with Crippen LogP contribution in [0.25, 0.3) is 10.9 Å². The lowest BCUT2D eigenvalue weighted by Crippen LogP contribution is -2.23. The standard InChI is InChI=1S/C15H14BrN5O2S/c1-2-13-19-20-15(24-13)18-12(22)5-6-21-8-17-11-4-3-9(16)7-10(11)14(21)23/h3-4,7-8H,2,5-6H2,1H3,(H,18,20,22). The zero-order valence-corrected chi connectivity index (χ0v) is 15.2. The van der Waals surface area contributed by atoms with Crippen molar-refractivity contribution in [2.75, 3.05) is 5.32 Å².